The van der Waals surface area contributed by atoms with Crippen molar-refractivity contribution in [1.82, 2.24) is 10.3 Å². The molecular formula is C16H20N4O3S. The Labute approximate surface area is 141 Å². The van der Waals surface area contributed by atoms with E-state index in [0.717, 1.165) is 11.1 Å². The van der Waals surface area contributed by atoms with Crippen molar-refractivity contribution in [2.45, 2.75) is 20.4 Å². The molecule has 0 spiro atoms. The maximum atomic E-state index is 11.9. The monoisotopic (exact) mass is 348 g/mol. The van der Waals surface area contributed by atoms with Crippen LogP contribution in [0.15, 0.2) is 42.7 Å². The number of hydrogen-bond acceptors (Lipinski definition) is 4. The quantitative estimate of drug-likeness (QED) is 0.746. The molecule has 7 nitrogen and oxygen atoms in total. The third kappa shape index (κ3) is 5.24. The first-order valence-corrected chi connectivity index (χ1v) is 9.10. The van der Waals surface area contributed by atoms with E-state index in [0.29, 0.717) is 17.9 Å². The Morgan fingerprint density at radius 2 is 2.04 bits per heavy atom. The summed E-state index contributed by atoms with van der Waals surface area (Å²) in [6, 6.07) is 8.29. The Bertz CT molecular complexity index is 807. The van der Waals surface area contributed by atoms with Gasteiger partial charge < -0.3 is 10.6 Å². The molecule has 2 aromatic rings. The summed E-state index contributed by atoms with van der Waals surface area (Å²) in [5.74, 6) is 0.00317. The maximum absolute atomic E-state index is 11.9. The zero-order valence-electron chi connectivity index (χ0n) is 13.5. The summed E-state index contributed by atoms with van der Waals surface area (Å²) < 4.78 is 25.7. The molecule has 0 radical (unpaired) electrons. The average Bonchev–Trinajstić information content (AvgIpc) is 2.56. The highest BCUT2D eigenvalue weighted by atomic mass is 32.2. The lowest BCUT2D eigenvalue weighted by atomic mass is 10.2. The van der Waals surface area contributed by atoms with Crippen molar-refractivity contribution in [3.05, 3.63) is 53.9 Å². The van der Waals surface area contributed by atoms with E-state index in [-0.39, 0.29) is 11.8 Å². The Hall–Kier alpha value is -2.61. The molecule has 0 unspecified atom stereocenters. The lowest BCUT2D eigenvalue weighted by molar-refractivity contribution is 0.251. The largest absolute Gasteiger partial charge is 0.334 e. The Kier molecular flexibility index (Phi) is 5.75. The lowest BCUT2D eigenvalue weighted by Gasteiger charge is -2.12. The topological polar surface area (TPSA) is 100 Å². The van der Waals surface area contributed by atoms with Crippen LogP contribution in [0.2, 0.25) is 0 Å². The van der Waals surface area contributed by atoms with Gasteiger partial charge in [-0.05, 0) is 49.2 Å². The first-order chi connectivity index (χ1) is 11.4. The van der Waals surface area contributed by atoms with E-state index in [2.05, 4.69) is 20.3 Å². The Balaban J connectivity index is 1.95. The van der Waals surface area contributed by atoms with Gasteiger partial charge in [0.15, 0.2) is 0 Å². The Morgan fingerprint density at radius 1 is 1.25 bits per heavy atom. The molecule has 0 bridgehead atoms. The second-order valence-electron chi connectivity index (χ2n) is 5.20. The molecule has 2 amide bonds. The first-order valence-electron chi connectivity index (χ1n) is 7.44. The van der Waals surface area contributed by atoms with Crippen LogP contribution in [-0.2, 0) is 16.6 Å². The van der Waals surface area contributed by atoms with E-state index in [9.17, 15) is 13.2 Å². The number of benzene rings is 1. The van der Waals surface area contributed by atoms with Crippen molar-refractivity contribution in [3.63, 3.8) is 0 Å². The van der Waals surface area contributed by atoms with E-state index in [1.54, 1.807) is 50.5 Å². The number of sulfonamides is 1. The number of pyridine rings is 1. The number of urea groups is 1. The van der Waals surface area contributed by atoms with Crippen molar-refractivity contribution in [1.29, 1.82) is 0 Å². The minimum atomic E-state index is -3.33. The molecule has 24 heavy (non-hydrogen) atoms. The zero-order chi connectivity index (χ0) is 17.6. The molecule has 3 N–H and O–H groups in total. The second kappa shape index (κ2) is 7.78. The molecule has 0 aliphatic carbocycles. The van der Waals surface area contributed by atoms with Gasteiger partial charge in [0.1, 0.15) is 0 Å². The number of nitrogens with one attached hydrogen (secondary N) is 3. The highest BCUT2D eigenvalue weighted by Gasteiger charge is 2.10. The molecular weight excluding hydrogens is 328 g/mol. The van der Waals surface area contributed by atoms with Gasteiger partial charge in [0.2, 0.25) is 10.0 Å². The van der Waals surface area contributed by atoms with Crippen LogP contribution in [0, 0.1) is 6.92 Å². The van der Waals surface area contributed by atoms with Gasteiger partial charge in [0, 0.05) is 24.6 Å². The predicted molar refractivity (Wildman–Crippen MR) is 94.4 cm³/mol. The van der Waals surface area contributed by atoms with E-state index in [1.807, 2.05) is 6.07 Å². The number of rotatable bonds is 6. The first kappa shape index (κ1) is 17.7. The molecule has 0 atom stereocenters. The van der Waals surface area contributed by atoms with Gasteiger partial charge in [-0.3, -0.25) is 9.71 Å². The standard InChI is InChI=1S/C16H20N4O3S/c1-3-24(22,23)20-15-7-6-14(9-12(15)2)19-16(21)18-11-13-5-4-8-17-10-13/h4-10,20H,3,11H2,1-2H3,(H2,18,19,21). The van der Waals surface area contributed by atoms with Crippen LogP contribution >= 0.6 is 0 Å². The van der Waals surface area contributed by atoms with Crippen LogP contribution in [0.25, 0.3) is 0 Å². The van der Waals surface area contributed by atoms with Gasteiger partial charge in [-0.25, -0.2) is 13.2 Å². The lowest BCUT2D eigenvalue weighted by Crippen LogP contribution is -2.28. The van der Waals surface area contributed by atoms with Crippen LogP contribution < -0.4 is 15.4 Å². The SMILES string of the molecule is CCS(=O)(=O)Nc1ccc(NC(=O)NCc2cccnc2)cc1C. The minimum absolute atomic E-state index is 0.00317. The summed E-state index contributed by atoms with van der Waals surface area (Å²) in [7, 11) is -3.33. The van der Waals surface area contributed by atoms with Gasteiger partial charge in [-0.15, -0.1) is 0 Å². The third-order valence-corrected chi connectivity index (χ3v) is 4.60. The van der Waals surface area contributed by atoms with Crippen LogP contribution in [0.5, 0.6) is 0 Å². The van der Waals surface area contributed by atoms with Gasteiger partial charge in [-0.2, -0.15) is 0 Å². The van der Waals surface area contributed by atoms with Crippen LogP contribution in [0.1, 0.15) is 18.1 Å². The van der Waals surface area contributed by atoms with Gasteiger partial charge in [-0.1, -0.05) is 6.07 Å². The number of amides is 2. The van der Waals surface area contributed by atoms with Crippen molar-refractivity contribution >= 4 is 27.4 Å². The summed E-state index contributed by atoms with van der Waals surface area (Å²) in [5.41, 5.74) is 2.69. The minimum Gasteiger partial charge on any atom is -0.334 e. The number of carbonyl (C=O) groups excluding carboxylic acids is 1. The van der Waals surface area contributed by atoms with Gasteiger partial charge >= 0.3 is 6.03 Å². The molecule has 0 saturated carbocycles. The molecule has 0 saturated heterocycles. The zero-order valence-corrected chi connectivity index (χ0v) is 14.4. The normalized spacial score (nSPS) is 10.9. The summed E-state index contributed by atoms with van der Waals surface area (Å²) >= 11 is 0. The summed E-state index contributed by atoms with van der Waals surface area (Å²) in [6.07, 6.45) is 3.35. The van der Waals surface area contributed by atoms with E-state index >= 15 is 0 Å². The van der Waals surface area contributed by atoms with E-state index in [1.165, 1.54) is 0 Å². The number of nitrogens with zero attached hydrogens (tertiary/aromatic N) is 1. The van der Waals surface area contributed by atoms with Crippen molar-refractivity contribution in [2.75, 3.05) is 15.8 Å². The number of aromatic nitrogens is 1. The molecule has 128 valence electrons. The molecule has 8 heteroatoms. The molecule has 0 aliphatic rings. The highest BCUT2D eigenvalue weighted by Crippen LogP contribution is 2.20. The average molecular weight is 348 g/mol. The van der Waals surface area contributed by atoms with Crippen molar-refractivity contribution in [3.8, 4) is 0 Å². The molecule has 0 aliphatic heterocycles. The summed E-state index contributed by atoms with van der Waals surface area (Å²) in [4.78, 5) is 15.9. The third-order valence-electron chi connectivity index (χ3n) is 3.31. The van der Waals surface area contributed by atoms with Crippen LogP contribution in [-0.4, -0.2) is 25.2 Å². The van der Waals surface area contributed by atoms with E-state index < -0.39 is 10.0 Å². The molecule has 0 fully saturated rings. The molecule has 1 aromatic heterocycles. The second-order valence-corrected chi connectivity index (χ2v) is 7.22. The van der Waals surface area contributed by atoms with Gasteiger partial charge in [0.05, 0.1) is 11.4 Å². The smallest absolute Gasteiger partial charge is 0.319 e. The highest BCUT2D eigenvalue weighted by molar-refractivity contribution is 7.92. The maximum Gasteiger partial charge on any atom is 0.319 e. The number of aryl methyl sites for hydroxylation is 1. The van der Waals surface area contributed by atoms with Crippen LogP contribution in [0.4, 0.5) is 16.2 Å². The van der Waals surface area contributed by atoms with Crippen molar-refractivity contribution in [2.24, 2.45) is 0 Å². The summed E-state index contributed by atoms with van der Waals surface area (Å²) in [5, 5.41) is 5.44. The fraction of sp³-hybridized carbons (Fsp3) is 0.250. The summed E-state index contributed by atoms with van der Waals surface area (Å²) in [6.45, 7) is 3.71. The molecule has 1 heterocycles. The number of hydrogen-bond donors (Lipinski definition) is 3. The van der Waals surface area contributed by atoms with Crippen LogP contribution in [0.3, 0.4) is 0 Å². The van der Waals surface area contributed by atoms with E-state index in [4.69, 9.17) is 0 Å². The van der Waals surface area contributed by atoms with Crippen molar-refractivity contribution < 1.29 is 13.2 Å². The number of carbonyl (C=O) groups is 1. The Morgan fingerprint density at radius 3 is 2.67 bits per heavy atom. The fourth-order valence-electron chi connectivity index (χ4n) is 1.96. The number of anilines is 2. The predicted octanol–water partition coefficient (Wildman–Crippen LogP) is 2.47. The molecule has 1 aromatic carbocycles. The van der Waals surface area contributed by atoms with Gasteiger partial charge in [0.25, 0.3) is 0 Å². The fourth-order valence-corrected chi connectivity index (χ4v) is 2.66. The molecule has 2 rings (SSSR count).